The van der Waals surface area contributed by atoms with Gasteiger partial charge in [0.05, 0.1) is 31.8 Å². The summed E-state index contributed by atoms with van der Waals surface area (Å²) in [6.07, 6.45) is 1.19. The summed E-state index contributed by atoms with van der Waals surface area (Å²) in [6.45, 7) is 9.39. The number of nitrogens with one attached hydrogen (secondary N) is 2. The molecule has 2 aliphatic rings. The summed E-state index contributed by atoms with van der Waals surface area (Å²) in [5.74, 6) is -0.567. The normalized spacial score (nSPS) is 17.8. The van der Waals surface area contributed by atoms with Gasteiger partial charge in [-0.2, -0.15) is 0 Å². The molecule has 2 saturated heterocycles. The molecule has 1 aromatic heterocycles. The van der Waals surface area contributed by atoms with Crippen molar-refractivity contribution in [3.63, 3.8) is 0 Å². The van der Waals surface area contributed by atoms with E-state index in [1.54, 1.807) is 20.8 Å². The molecule has 0 aliphatic carbocycles. The summed E-state index contributed by atoms with van der Waals surface area (Å²) in [6, 6.07) is 7.64. The molecule has 12 nitrogen and oxygen atoms in total. The lowest BCUT2D eigenvalue weighted by atomic mass is 9.96. The average molecular weight is 574 g/mol. The van der Waals surface area contributed by atoms with Crippen molar-refractivity contribution >= 4 is 51.9 Å². The number of anilines is 3. The van der Waals surface area contributed by atoms with Crippen LogP contribution < -0.4 is 20.4 Å². The number of hydrogen-bond donors (Lipinski definition) is 2. The number of amides is 3. The minimum absolute atomic E-state index is 0.0562. The molecule has 13 heteroatoms. The van der Waals surface area contributed by atoms with Crippen LogP contribution in [0.15, 0.2) is 30.5 Å². The number of benzene rings is 1. The average Bonchev–Trinajstić information content (AvgIpc) is 3.53. The first-order chi connectivity index (χ1) is 19.0. The molecule has 0 unspecified atom stereocenters. The molecular formula is C27H35N5O7S. The van der Waals surface area contributed by atoms with Gasteiger partial charge in [0, 0.05) is 24.5 Å². The van der Waals surface area contributed by atoms with Crippen molar-refractivity contribution in [1.82, 2.24) is 10.3 Å². The number of ether oxygens (including phenoxy) is 3. The Kier molecular flexibility index (Phi) is 9.13. The third-order valence-electron chi connectivity index (χ3n) is 6.34. The Morgan fingerprint density at radius 3 is 2.45 bits per heavy atom. The zero-order valence-corrected chi connectivity index (χ0v) is 23.9. The van der Waals surface area contributed by atoms with Gasteiger partial charge in [0.2, 0.25) is 0 Å². The lowest BCUT2D eigenvalue weighted by molar-refractivity contribution is -0.148. The van der Waals surface area contributed by atoms with Crippen molar-refractivity contribution in [3.8, 4) is 0 Å². The molecule has 0 radical (unpaired) electrons. The maximum Gasteiger partial charge on any atom is 0.414 e. The van der Waals surface area contributed by atoms with E-state index in [1.165, 1.54) is 11.1 Å². The van der Waals surface area contributed by atoms with Crippen molar-refractivity contribution in [2.75, 3.05) is 47.9 Å². The van der Waals surface area contributed by atoms with E-state index < -0.39 is 23.9 Å². The van der Waals surface area contributed by atoms with Crippen molar-refractivity contribution < 1.29 is 33.4 Å². The number of cyclic esters (lactones) is 1. The molecule has 3 amide bonds. The molecule has 0 spiro atoms. The summed E-state index contributed by atoms with van der Waals surface area (Å²) in [4.78, 5) is 57.1. The standard InChI is InChI=1S/C27H35N5O7S/c1-5-37-23(34)17-10-12-31(13-11-17)18-6-8-19(9-7-18)32-16-20(38-26(32)36)14-28-22(33)21-15-29-24(40-21)30-25(35)39-27(2,3)4/h6-9,15,17,20H,5,10-14,16H2,1-4H3,(H,28,33)(H,29,30,35)/t20-/m0/s1. The van der Waals surface area contributed by atoms with Gasteiger partial charge in [0.25, 0.3) is 5.91 Å². The molecule has 1 aromatic carbocycles. The summed E-state index contributed by atoms with van der Waals surface area (Å²) < 4.78 is 15.8. The van der Waals surface area contributed by atoms with Crippen LogP contribution in [0.1, 0.15) is 50.2 Å². The third kappa shape index (κ3) is 7.62. The Balaban J connectivity index is 1.24. The SMILES string of the molecule is CCOC(=O)C1CCN(c2ccc(N3C[C@H](CNC(=O)c4cnc(NC(=O)OC(C)(C)C)s4)OC3=O)cc2)CC1. The van der Waals surface area contributed by atoms with Crippen LogP contribution in [0, 0.1) is 5.92 Å². The van der Waals surface area contributed by atoms with E-state index in [0.29, 0.717) is 17.2 Å². The van der Waals surface area contributed by atoms with E-state index in [1.807, 2.05) is 31.2 Å². The molecule has 1 atom stereocenters. The highest BCUT2D eigenvalue weighted by Gasteiger charge is 2.33. The van der Waals surface area contributed by atoms with Crippen LogP contribution in [0.4, 0.5) is 26.1 Å². The lowest BCUT2D eigenvalue weighted by Gasteiger charge is -2.32. The molecular weight excluding hydrogens is 538 g/mol. The van der Waals surface area contributed by atoms with E-state index in [4.69, 9.17) is 14.2 Å². The first-order valence-electron chi connectivity index (χ1n) is 13.3. The largest absolute Gasteiger partial charge is 0.466 e. The minimum Gasteiger partial charge on any atom is -0.466 e. The molecule has 2 aliphatic heterocycles. The van der Waals surface area contributed by atoms with Gasteiger partial charge in [-0.1, -0.05) is 11.3 Å². The fourth-order valence-corrected chi connectivity index (χ4v) is 5.16. The number of nitrogens with zero attached hydrogens (tertiary/aromatic N) is 3. The second kappa shape index (κ2) is 12.5. The summed E-state index contributed by atoms with van der Waals surface area (Å²) >= 11 is 1.01. The van der Waals surface area contributed by atoms with Gasteiger partial charge < -0.3 is 24.4 Å². The first kappa shape index (κ1) is 29.1. The molecule has 0 saturated carbocycles. The number of carbonyl (C=O) groups excluding carboxylic acids is 4. The highest BCUT2D eigenvalue weighted by atomic mass is 32.1. The van der Waals surface area contributed by atoms with E-state index >= 15 is 0 Å². The van der Waals surface area contributed by atoms with Crippen LogP contribution in [0.25, 0.3) is 0 Å². The zero-order valence-electron chi connectivity index (χ0n) is 23.1. The van der Waals surface area contributed by atoms with Gasteiger partial charge in [-0.25, -0.2) is 14.6 Å². The lowest BCUT2D eigenvalue weighted by Crippen LogP contribution is -2.37. The number of rotatable bonds is 8. The Hall–Kier alpha value is -3.87. The maximum atomic E-state index is 12.6. The fraction of sp³-hybridized carbons (Fsp3) is 0.519. The van der Waals surface area contributed by atoms with Gasteiger partial charge in [-0.3, -0.25) is 19.8 Å². The molecule has 3 heterocycles. The number of hydrogen-bond acceptors (Lipinski definition) is 10. The van der Waals surface area contributed by atoms with E-state index in [9.17, 15) is 19.2 Å². The number of aromatic nitrogens is 1. The van der Waals surface area contributed by atoms with Crippen LogP contribution in [-0.2, 0) is 19.0 Å². The molecule has 2 fully saturated rings. The zero-order chi connectivity index (χ0) is 28.9. The van der Waals surface area contributed by atoms with Crippen molar-refractivity contribution in [1.29, 1.82) is 0 Å². The number of esters is 1. The van der Waals surface area contributed by atoms with Gasteiger partial charge in [0.15, 0.2) is 5.13 Å². The highest BCUT2D eigenvalue weighted by molar-refractivity contribution is 7.17. The molecule has 2 N–H and O–H groups in total. The van der Waals surface area contributed by atoms with Crippen LogP contribution >= 0.6 is 11.3 Å². The van der Waals surface area contributed by atoms with Crippen LogP contribution in [0.3, 0.4) is 0 Å². The van der Waals surface area contributed by atoms with Crippen molar-refractivity contribution in [2.24, 2.45) is 5.92 Å². The molecule has 216 valence electrons. The summed E-state index contributed by atoms with van der Waals surface area (Å²) in [5.41, 5.74) is 1.07. The highest BCUT2D eigenvalue weighted by Crippen LogP contribution is 2.28. The first-order valence-corrected chi connectivity index (χ1v) is 14.1. The molecule has 4 rings (SSSR count). The second-order valence-corrected chi connectivity index (χ2v) is 11.5. The smallest absolute Gasteiger partial charge is 0.414 e. The van der Waals surface area contributed by atoms with Crippen LogP contribution in [-0.4, -0.2) is 73.5 Å². The predicted octanol–water partition coefficient (Wildman–Crippen LogP) is 4.02. The topological polar surface area (TPSA) is 139 Å². The van der Waals surface area contributed by atoms with Gasteiger partial charge in [0.1, 0.15) is 16.6 Å². The third-order valence-corrected chi connectivity index (χ3v) is 7.25. The predicted molar refractivity (Wildman–Crippen MR) is 150 cm³/mol. The Labute approximate surface area is 237 Å². The monoisotopic (exact) mass is 573 g/mol. The van der Waals surface area contributed by atoms with Gasteiger partial charge in [-0.05, 0) is 64.8 Å². The number of carbonyl (C=O) groups is 4. The molecule has 40 heavy (non-hydrogen) atoms. The number of piperidine rings is 1. The molecule has 0 bridgehead atoms. The Bertz CT molecular complexity index is 1220. The van der Waals surface area contributed by atoms with Crippen LogP contribution in [0.5, 0.6) is 0 Å². The number of thiazole rings is 1. The van der Waals surface area contributed by atoms with Gasteiger partial charge in [-0.15, -0.1) is 0 Å². The van der Waals surface area contributed by atoms with Crippen molar-refractivity contribution in [2.45, 2.75) is 52.2 Å². The van der Waals surface area contributed by atoms with Crippen molar-refractivity contribution in [3.05, 3.63) is 35.3 Å². The van der Waals surface area contributed by atoms with E-state index in [0.717, 1.165) is 43.0 Å². The Morgan fingerprint density at radius 2 is 1.80 bits per heavy atom. The Morgan fingerprint density at radius 1 is 1.12 bits per heavy atom. The van der Waals surface area contributed by atoms with Gasteiger partial charge >= 0.3 is 18.2 Å². The second-order valence-electron chi connectivity index (χ2n) is 10.5. The van der Waals surface area contributed by atoms with E-state index in [-0.39, 0.29) is 36.0 Å². The minimum atomic E-state index is -0.654. The summed E-state index contributed by atoms with van der Waals surface area (Å²) in [7, 11) is 0. The molecule has 2 aromatic rings. The quantitative estimate of drug-likeness (QED) is 0.354. The van der Waals surface area contributed by atoms with Crippen LogP contribution in [0.2, 0.25) is 0 Å². The summed E-state index contributed by atoms with van der Waals surface area (Å²) in [5, 5.41) is 5.50. The fourth-order valence-electron chi connectivity index (χ4n) is 4.44. The maximum absolute atomic E-state index is 12.6. The van der Waals surface area contributed by atoms with E-state index in [2.05, 4.69) is 20.5 Å².